The Labute approximate surface area is 146 Å². The van der Waals surface area contributed by atoms with Crippen molar-refractivity contribution in [1.82, 2.24) is 19.7 Å². The molecule has 4 rings (SSSR count). The topological polar surface area (TPSA) is 64.9 Å². The van der Waals surface area contributed by atoms with Crippen LogP contribution in [0.5, 0.6) is 5.88 Å². The molecule has 1 aliphatic rings. The summed E-state index contributed by atoms with van der Waals surface area (Å²) in [6.07, 6.45) is 6.91. The highest BCUT2D eigenvalue weighted by Gasteiger charge is 2.25. The van der Waals surface area contributed by atoms with E-state index >= 15 is 0 Å². The molecule has 0 saturated carbocycles. The number of fused-ring (bicyclic) bond motifs is 1. The molecule has 0 unspecified atom stereocenters. The van der Waals surface area contributed by atoms with Crippen LogP contribution in [0.3, 0.4) is 0 Å². The SMILES string of the molecule is COc1ccnc(N[C@H]2CCCc3c2cnn3Cc2ccccc2)n1. The third-order valence-electron chi connectivity index (χ3n) is 4.58. The van der Waals surface area contributed by atoms with E-state index in [2.05, 4.69) is 49.3 Å². The predicted molar refractivity (Wildman–Crippen MR) is 95.7 cm³/mol. The number of ether oxygens (including phenoxy) is 1. The average Bonchev–Trinajstić information content (AvgIpc) is 3.07. The smallest absolute Gasteiger partial charge is 0.226 e. The summed E-state index contributed by atoms with van der Waals surface area (Å²) in [4.78, 5) is 8.66. The van der Waals surface area contributed by atoms with Crippen molar-refractivity contribution >= 4 is 5.95 Å². The highest BCUT2D eigenvalue weighted by atomic mass is 16.5. The molecular weight excluding hydrogens is 314 g/mol. The van der Waals surface area contributed by atoms with Gasteiger partial charge in [-0.15, -0.1) is 0 Å². The number of hydrogen-bond donors (Lipinski definition) is 1. The highest BCUT2D eigenvalue weighted by molar-refractivity contribution is 5.36. The van der Waals surface area contributed by atoms with Gasteiger partial charge < -0.3 is 10.1 Å². The van der Waals surface area contributed by atoms with Crippen molar-refractivity contribution in [1.29, 1.82) is 0 Å². The number of benzene rings is 1. The van der Waals surface area contributed by atoms with Crippen LogP contribution in [0.2, 0.25) is 0 Å². The van der Waals surface area contributed by atoms with Crippen LogP contribution < -0.4 is 10.1 Å². The van der Waals surface area contributed by atoms with Crippen molar-refractivity contribution < 1.29 is 4.74 Å². The second kappa shape index (κ2) is 6.93. The van der Waals surface area contributed by atoms with Crippen LogP contribution in [-0.2, 0) is 13.0 Å². The maximum absolute atomic E-state index is 5.18. The molecule has 0 amide bonds. The number of anilines is 1. The van der Waals surface area contributed by atoms with E-state index in [0.29, 0.717) is 11.8 Å². The van der Waals surface area contributed by atoms with Gasteiger partial charge in [0.25, 0.3) is 0 Å². The largest absolute Gasteiger partial charge is 0.481 e. The summed E-state index contributed by atoms with van der Waals surface area (Å²) < 4.78 is 7.29. The zero-order valence-corrected chi connectivity index (χ0v) is 14.2. The van der Waals surface area contributed by atoms with E-state index in [1.165, 1.54) is 16.8 Å². The van der Waals surface area contributed by atoms with Crippen molar-refractivity contribution in [3.8, 4) is 5.88 Å². The molecule has 2 aromatic heterocycles. The van der Waals surface area contributed by atoms with Crippen LogP contribution in [0.15, 0.2) is 48.8 Å². The summed E-state index contributed by atoms with van der Waals surface area (Å²) in [5.41, 5.74) is 3.81. The van der Waals surface area contributed by atoms with Crippen molar-refractivity contribution in [2.75, 3.05) is 12.4 Å². The first-order valence-electron chi connectivity index (χ1n) is 8.55. The number of methoxy groups -OCH3 is 1. The van der Waals surface area contributed by atoms with E-state index in [1.807, 2.05) is 12.3 Å². The minimum atomic E-state index is 0.181. The van der Waals surface area contributed by atoms with E-state index in [-0.39, 0.29) is 6.04 Å². The summed E-state index contributed by atoms with van der Waals surface area (Å²) in [5, 5.41) is 8.06. The zero-order valence-electron chi connectivity index (χ0n) is 14.2. The Morgan fingerprint density at radius 2 is 2.12 bits per heavy atom. The molecule has 128 valence electrons. The molecule has 0 radical (unpaired) electrons. The summed E-state index contributed by atoms with van der Waals surface area (Å²) in [6, 6.07) is 12.4. The summed E-state index contributed by atoms with van der Waals surface area (Å²) in [7, 11) is 1.61. The molecule has 1 atom stereocenters. The monoisotopic (exact) mass is 335 g/mol. The molecule has 0 bridgehead atoms. The van der Waals surface area contributed by atoms with Gasteiger partial charge in [0.15, 0.2) is 0 Å². The maximum atomic E-state index is 5.18. The van der Waals surface area contributed by atoms with Gasteiger partial charge >= 0.3 is 0 Å². The van der Waals surface area contributed by atoms with Gasteiger partial charge in [0.05, 0.1) is 25.9 Å². The summed E-state index contributed by atoms with van der Waals surface area (Å²) in [6.45, 7) is 0.804. The third kappa shape index (κ3) is 3.33. The van der Waals surface area contributed by atoms with Crippen LogP contribution >= 0.6 is 0 Å². The van der Waals surface area contributed by atoms with Gasteiger partial charge in [0.2, 0.25) is 11.8 Å². The minimum Gasteiger partial charge on any atom is -0.481 e. The minimum absolute atomic E-state index is 0.181. The second-order valence-electron chi connectivity index (χ2n) is 6.20. The van der Waals surface area contributed by atoms with E-state index in [1.54, 1.807) is 19.4 Å². The predicted octanol–water partition coefficient (Wildman–Crippen LogP) is 3.22. The summed E-state index contributed by atoms with van der Waals surface area (Å²) in [5.74, 6) is 1.15. The first-order chi connectivity index (χ1) is 12.3. The lowest BCUT2D eigenvalue weighted by Crippen LogP contribution is -2.19. The summed E-state index contributed by atoms with van der Waals surface area (Å²) >= 11 is 0. The van der Waals surface area contributed by atoms with E-state index in [4.69, 9.17) is 4.74 Å². The molecule has 0 saturated heterocycles. The Hall–Kier alpha value is -2.89. The third-order valence-corrected chi connectivity index (χ3v) is 4.58. The fourth-order valence-electron chi connectivity index (χ4n) is 3.34. The molecule has 25 heavy (non-hydrogen) atoms. The second-order valence-corrected chi connectivity index (χ2v) is 6.20. The molecule has 1 aliphatic carbocycles. The van der Waals surface area contributed by atoms with Gasteiger partial charge in [0, 0.05) is 23.5 Å². The maximum Gasteiger partial charge on any atom is 0.226 e. The van der Waals surface area contributed by atoms with Crippen molar-refractivity contribution in [2.45, 2.75) is 31.8 Å². The Bertz CT molecular complexity index is 846. The fraction of sp³-hybridized carbons (Fsp3) is 0.316. The number of aromatic nitrogens is 4. The number of rotatable bonds is 5. The van der Waals surface area contributed by atoms with Gasteiger partial charge in [-0.3, -0.25) is 4.68 Å². The first-order valence-corrected chi connectivity index (χ1v) is 8.55. The molecule has 0 fully saturated rings. The molecule has 2 heterocycles. The molecule has 6 nitrogen and oxygen atoms in total. The van der Waals surface area contributed by atoms with Crippen LogP contribution in [0.1, 0.15) is 35.7 Å². The molecule has 0 spiro atoms. The van der Waals surface area contributed by atoms with Gasteiger partial charge in [-0.1, -0.05) is 30.3 Å². The van der Waals surface area contributed by atoms with E-state index < -0.39 is 0 Å². The molecule has 6 heteroatoms. The van der Waals surface area contributed by atoms with E-state index in [9.17, 15) is 0 Å². The van der Waals surface area contributed by atoms with Crippen LogP contribution in [0, 0.1) is 0 Å². The number of nitrogens with one attached hydrogen (secondary N) is 1. The van der Waals surface area contributed by atoms with Gasteiger partial charge in [-0.2, -0.15) is 10.1 Å². The molecular formula is C19H21N5O. The Balaban J connectivity index is 1.56. The number of nitrogens with zero attached hydrogens (tertiary/aromatic N) is 4. The Morgan fingerprint density at radius 3 is 2.96 bits per heavy atom. The average molecular weight is 335 g/mol. The lowest BCUT2D eigenvalue weighted by Gasteiger charge is -2.24. The standard InChI is InChI=1S/C19H21N5O/c1-25-18-10-11-20-19(23-18)22-16-8-5-9-17-15(16)12-21-24(17)13-14-6-3-2-4-7-14/h2-4,6-7,10-12,16H,5,8-9,13H2,1H3,(H,20,22,23)/t16-/m0/s1. The lowest BCUT2D eigenvalue weighted by atomic mass is 9.93. The lowest BCUT2D eigenvalue weighted by molar-refractivity contribution is 0.397. The Kier molecular flexibility index (Phi) is 4.33. The van der Waals surface area contributed by atoms with Crippen LogP contribution in [0.25, 0.3) is 0 Å². The molecule has 1 aromatic carbocycles. The van der Waals surface area contributed by atoms with Crippen molar-refractivity contribution in [2.24, 2.45) is 0 Å². The van der Waals surface area contributed by atoms with Gasteiger partial charge in [0.1, 0.15) is 0 Å². The zero-order chi connectivity index (χ0) is 17.1. The van der Waals surface area contributed by atoms with Crippen molar-refractivity contribution in [3.05, 3.63) is 65.6 Å². The highest BCUT2D eigenvalue weighted by Crippen LogP contribution is 2.32. The molecule has 1 N–H and O–H groups in total. The quantitative estimate of drug-likeness (QED) is 0.775. The van der Waals surface area contributed by atoms with Crippen LogP contribution in [-0.4, -0.2) is 26.9 Å². The van der Waals surface area contributed by atoms with Gasteiger partial charge in [-0.05, 0) is 24.8 Å². The normalized spacial score (nSPS) is 16.3. The van der Waals surface area contributed by atoms with Gasteiger partial charge in [-0.25, -0.2) is 4.98 Å². The van der Waals surface area contributed by atoms with E-state index in [0.717, 1.165) is 25.8 Å². The number of hydrogen-bond acceptors (Lipinski definition) is 5. The Morgan fingerprint density at radius 1 is 1.24 bits per heavy atom. The molecule has 0 aliphatic heterocycles. The molecule has 3 aromatic rings. The fourth-order valence-corrected chi connectivity index (χ4v) is 3.34. The van der Waals surface area contributed by atoms with Crippen molar-refractivity contribution in [3.63, 3.8) is 0 Å². The van der Waals surface area contributed by atoms with Crippen LogP contribution in [0.4, 0.5) is 5.95 Å². The first kappa shape index (κ1) is 15.6.